The van der Waals surface area contributed by atoms with Gasteiger partial charge in [-0.2, -0.15) is 0 Å². The van der Waals surface area contributed by atoms with Gasteiger partial charge in [0.1, 0.15) is 0 Å². The third-order valence-corrected chi connectivity index (χ3v) is 4.12. The van der Waals surface area contributed by atoms with Crippen molar-refractivity contribution in [3.8, 4) is 0 Å². The Morgan fingerprint density at radius 3 is 3.13 bits per heavy atom. The Kier molecular flexibility index (Phi) is 1.39. The number of fused-ring (bicyclic) bond motifs is 5. The monoisotopic (exact) mass is 198 g/mol. The zero-order chi connectivity index (χ0) is 9.83. The number of rotatable bonds is 0. The summed E-state index contributed by atoms with van der Waals surface area (Å²) >= 11 is 0. The molecule has 2 nitrogen and oxygen atoms in total. The lowest BCUT2D eigenvalue weighted by Gasteiger charge is -2.21. The summed E-state index contributed by atoms with van der Waals surface area (Å²) in [6.07, 6.45) is 2.42. The molecule has 0 spiro atoms. The topological polar surface area (TPSA) is 15.6 Å². The Morgan fingerprint density at radius 2 is 2.13 bits per heavy atom. The minimum Gasteiger partial charge on any atom is -0.355 e. The summed E-state index contributed by atoms with van der Waals surface area (Å²) in [7, 11) is 0. The molecular weight excluding hydrogens is 184 g/mol. The maximum absolute atomic E-state index is 4.60. The van der Waals surface area contributed by atoms with E-state index in [-0.39, 0.29) is 0 Å². The smallest absolute Gasteiger partial charge is 0.1000 e. The molecule has 2 heterocycles. The predicted octanol–water partition coefficient (Wildman–Crippen LogP) is 1.81. The van der Waals surface area contributed by atoms with E-state index in [0.29, 0.717) is 0 Å². The number of benzene rings is 1. The second-order valence-electron chi connectivity index (χ2n) is 4.77. The molecule has 2 heteroatoms. The number of amidine groups is 1. The summed E-state index contributed by atoms with van der Waals surface area (Å²) in [4.78, 5) is 7.14. The second kappa shape index (κ2) is 2.63. The van der Waals surface area contributed by atoms with Crippen molar-refractivity contribution in [2.75, 3.05) is 13.1 Å². The first kappa shape index (κ1) is 7.91. The first-order valence-corrected chi connectivity index (χ1v) is 5.81. The first-order chi connectivity index (χ1) is 7.43. The molecule has 4 rings (SSSR count). The maximum Gasteiger partial charge on any atom is 0.1000 e. The van der Waals surface area contributed by atoms with Gasteiger partial charge in [0.05, 0.1) is 12.4 Å². The van der Waals surface area contributed by atoms with E-state index >= 15 is 0 Å². The van der Waals surface area contributed by atoms with E-state index < -0.39 is 0 Å². The Hall–Kier alpha value is -1.31. The fourth-order valence-corrected chi connectivity index (χ4v) is 3.47. The lowest BCUT2D eigenvalue weighted by atomic mass is 9.98. The van der Waals surface area contributed by atoms with Crippen LogP contribution in [-0.4, -0.2) is 29.9 Å². The zero-order valence-corrected chi connectivity index (χ0v) is 8.69. The molecule has 1 aliphatic carbocycles. The van der Waals surface area contributed by atoms with Crippen molar-refractivity contribution < 1.29 is 0 Å². The van der Waals surface area contributed by atoms with E-state index in [1.165, 1.54) is 18.7 Å². The molecule has 15 heavy (non-hydrogen) atoms. The molecule has 0 radical (unpaired) electrons. The Morgan fingerprint density at radius 1 is 1.20 bits per heavy atom. The lowest BCUT2D eigenvalue weighted by molar-refractivity contribution is 0.350. The SMILES string of the molecule is c1ccc2c(c1)C[C@@H]1[C@@H]2CC2=NCCN21. The number of hydrogen-bond donors (Lipinski definition) is 0. The van der Waals surface area contributed by atoms with Crippen molar-refractivity contribution in [3.63, 3.8) is 0 Å². The van der Waals surface area contributed by atoms with Gasteiger partial charge in [-0.15, -0.1) is 0 Å². The quantitative estimate of drug-likeness (QED) is 0.621. The van der Waals surface area contributed by atoms with Crippen LogP contribution in [0.5, 0.6) is 0 Å². The Balaban J connectivity index is 1.80. The fourth-order valence-electron chi connectivity index (χ4n) is 3.47. The van der Waals surface area contributed by atoms with Crippen LogP contribution in [0.2, 0.25) is 0 Å². The van der Waals surface area contributed by atoms with E-state index in [0.717, 1.165) is 25.0 Å². The van der Waals surface area contributed by atoms with Crippen molar-refractivity contribution in [1.29, 1.82) is 0 Å². The van der Waals surface area contributed by atoms with Crippen molar-refractivity contribution in [2.45, 2.75) is 24.8 Å². The van der Waals surface area contributed by atoms with Gasteiger partial charge in [0.2, 0.25) is 0 Å². The van der Waals surface area contributed by atoms with Crippen LogP contribution < -0.4 is 0 Å². The van der Waals surface area contributed by atoms with Crippen molar-refractivity contribution in [3.05, 3.63) is 35.4 Å². The Labute approximate surface area is 89.6 Å². The van der Waals surface area contributed by atoms with E-state index in [2.05, 4.69) is 34.2 Å². The van der Waals surface area contributed by atoms with Crippen LogP contribution in [0.4, 0.5) is 0 Å². The van der Waals surface area contributed by atoms with Crippen LogP contribution in [0, 0.1) is 0 Å². The summed E-state index contributed by atoms with van der Waals surface area (Å²) in [6, 6.07) is 9.66. The number of aliphatic imine (C=N–C) groups is 1. The summed E-state index contributed by atoms with van der Waals surface area (Å²) in [5.74, 6) is 2.11. The first-order valence-electron chi connectivity index (χ1n) is 5.81. The van der Waals surface area contributed by atoms with Gasteiger partial charge in [0.15, 0.2) is 0 Å². The van der Waals surface area contributed by atoms with Crippen LogP contribution in [0.15, 0.2) is 29.3 Å². The van der Waals surface area contributed by atoms with Crippen molar-refractivity contribution in [1.82, 2.24) is 4.90 Å². The van der Waals surface area contributed by atoms with E-state index in [1.54, 1.807) is 11.1 Å². The predicted molar refractivity (Wildman–Crippen MR) is 60.3 cm³/mol. The largest absolute Gasteiger partial charge is 0.355 e. The van der Waals surface area contributed by atoms with Gasteiger partial charge in [0.25, 0.3) is 0 Å². The molecular formula is C13H14N2. The summed E-state index contributed by atoms with van der Waals surface area (Å²) in [5.41, 5.74) is 3.15. The van der Waals surface area contributed by atoms with Gasteiger partial charge in [-0.25, -0.2) is 0 Å². The van der Waals surface area contributed by atoms with Crippen LogP contribution in [0.1, 0.15) is 23.5 Å². The molecule has 0 N–H and O–H groups in total. The summed E-state index contributed by atoms with van der Waals surface area (Å²) < 4.78 is 0. The highest BCUT2D eigenvalue weighted by molar-refractivity contribution is 5.88. The van der Waals surface area contributed by atoms with Crippen molar-refractivity contribution in [2.24, 2.45) is 4.99 Å². The third kappa shape index (κ3) is 0.921. The molecule has 0 amide bonds. The number of nitrogens with zero attached hydrogens (tertiary/aromatic N) is 2. The summed E-state index contributed by atoms with van der Waals surface area (Å²) in [6.45, 7) is 2.18. The minimum absolute atomic E-state index is 0.726. The van der Waals surface area contributed by atoms with Gasteiger partial charge < -0.3 is 4.90 Å². The highest BCUT2D eigenvalue weighted by Crippen LogP contribution is 2.44. The second-order valence-corrected chi connectivity index (χ2v) is 4.77. The average Bonchev–Trinajstić information content (AvgIpc) is 2.87. The highest BCUT2D eigenvalue weighted by atomic mass is 15.3. The molecule has 2 aliphatic heterocycles. The fraction of sp³-hybridized carbons (Fsp3) is 0.462. The third-order valence-electron chi connectivity index (χ3n) is 4.12. The maximum atomic E-state index is 4.60. The van der Waals surface area contributed by atoms with Crippen molar-refractivity contribution >= 4 is 5.84 Å². The van der Waals surface area contributed by atoms with Crippen LogP contribution in [0.25, 0.3) is 0 Å². The van der Waals surface area contributed by atoms with Crippen LogP contribution >= 0.6 is 0 Å². The minimum atomic E-state index is 0.726. The molecule has 76 valence electrons. The van der Waals surface area contributed by atoms with E-state index in [1.807, 2.05) is 0 Å². The summed E-state index contributed by atoms with van der Waals surface area (Å²) in [5, 5.41) is 0. The molecule has 0 aromatic heterocycles. The van der Waals surface area contributed by atoms with Gasteiger partial charge in [-0.1, -0.05) is 24.3 Å². The zero-order valence-electron chi connectivity index (χ0n) is 8.69. The normalized spacial score (nSPS) is 31.2. The average molecular weight is 198 g/mol. The number of hydrogen-bond acceptors (Lipinski definition) is 2. The molecule has 2 atom stereocenters. The van der Waals surface area contributed by atoms with Gasteiger partial charge in [0, 0.05) is 24.9 Å². The molecule has 1 saturated heterocycles. The molecule has 1 fully saturated rings. The molecule has 0 unspecified atom stereocenters. The Bertz CT molecular complexity index is 450. The van der Waals surface area contributed by atoms with E-state index in [9.17, 15) is 0 Å². The molecule has 3 aliphatic rings. The molecule has 1 aromatic rings. The van der Waals surface area contributed by atoms with E-state index in [4.69, 9.17) is 0 Å². The standard InChI is InChI=1S/C13H14N2/c1-2-4-10-9(3-1)7-12-11(10)8-13-14-5-6-15(12)13/h1-4,11-12H,5-8H2/t11-,12-/m1/s1. The molecule has 0 bridgehead atoms. The van der Waals surface area contributed by atoms with Crippen LogP contribution in [-0.2, 0) is 6.42 Å². The van der Waals surface area contributed by atoms with Gasteiger partial charge in [-0.05, 0) is 17.5 Å². The highest BCUT2D eigenvalue weighted by Gasteiger charge is 2.44. The van der Waals surface area contributed by atoms with Gasteiger partial charge >= 0.3 is 0 Å². The molecule has 0 saturated carbocycles. The van der Waals surface area contributed by atoms with Gasteiger partial charge in [-0.3, -0.25) is 4.99 Å². The lowest BCUT2D eigenvalue weighted by Crippen LogP contribution is -2.32. The molecule has 1 aromatic carbocycles. The van der Waals surface area contributed by atoms with Crippen LogP contribution in [0.3, 0.4) is 0 Å².